The van der Waals surface area contributed by atoms with Crippen molar-refractivity contribution in [3.8, 4) is 0 Å². The van der Waals surface area contributed by atoms with Crippen LogP contribution in [0.1, 0.15) is 24.0 Å². The van der Waals surface area contributed by atoms with Crippen molar-refractivity contribution in [2.75, 3.05) is 13.1 Å². The lowest BCUT2D eigenvalue weighted by Gasteiger charge is -2.23. The number of halogens is 2. The van der Waals surface area contributed by atoms with Gasteiger partial charge in [-0.2, -0.15) is 0 Å². The number of piperidine rings is 1. The van der Waals surface area contributed by atoms with Crippen molar-refractivity contribution in [1.82, 2.24) is 5.32 Å². The Labute approximate surface area is 101 Å². The van der Waals surface area contributed by atoms with Gasteiger partial charge in [0, 0.05) is 5.02 Å². The van der Waals surface area contributed by atoms with Crippen molar-refractivity contribution in [2.24, 2.45) is 5.92 Å². The van der Waals surface area contributed by atoms with Gasteiger partial charge in [0.15, 0.2) is 0 Å². The molecule has 1 aliphatic heterocycles. The molecule has 1 aliphatic rings. The van der Waals surface area contributed by atoms with Crippen LogP contribution in [0.25, 0.3) is 0 Å². The second-order valence-electron chi connectivity index (χ2n) is 4.59. The van der Waals surface area contributed by atoms with Gasteiger partial charge in [0.2, 0.25) is 0 Å². The summed E-state index contributed by atoms with van der Waals surface area (Å²) in [6.07, 6.45) is 3.36. The van der Waals surface area contributed by atoms with Crippen molar-refractivity contribution < 1.29 is 4.39 Å². The maximum Gasteiger partial charge on any atom is 0.124 e. The van der Waals surface area contributed by atoms with Crippen LogP contribution in [0.4, 0.5) is 4.39 Å². The third-order valence-corrected chi connectivity index (χ3v) is 3.72. The van der Waals surface area contributed by atoms with Crippen molar-refractivity contribution >= 4 is 11.6 Å². The van der Waals surface area contributed by atoms with Crippen LogP contribution in [0, 0.1) is 18.7 Å². The Balaban J connectivity index is 2.13. The van der Waals surface area contributed by atoms with Crippen LogP contribution in [0.15, 0.2) is 12.1 Å². The van der Waals surface area contributed by atoms with E-state index in [1.165, 1.54) is 18.9 Å². The summed E-state index contributed by atoms with van der Waals surface area (Å²) in [6, 6.07) is 3.01. The van der Waals surface area contributed by atoms with E-state index in [-0.39, 0.29) is 5.82 Å². The predicted molar refractivity (Wildman–Crippen MR) is 65.4 cm³/mol. The van der Waals surface area contributed by atoms with E-state index >= 15 is 0 Å². The molecule has 16 heavy (non-hydrogen) atoms. The fraction of sp³-hybridized carbons (Fsp3) is 0.538. The van der Waals surface area contributed by atoms with Crippen LogP contribution >= 0.6 is 11.6 Å². The second kappa shape index (κ2) is 5.15. The summed E-state index contributed by atoms with van der Waals surface area (Å²) in [6.45, 7) is 4.11. The van der Waals surface area contributed by atoms with Crippen molar-refractivity contribution in [3.63, 3.8) is 0 Å². The highest BCUT2D eigenvalue weighted by molar-refractivity contribution is 6.31. The fourth-order valence-corrected chi connectivity index (χ4v) is 2.55. The summed E-state index contributed by atoms with van der Waals surface area (Å²) in [5.41, 5.74) is 2.08. The minimum Gasteiger partial charge on any atom is -0.316 e. The molecule has 0 bridgehead atoms. The van der Waals surface area contributed by atoms with Crippen LogP contribution in [-0.2, 0) is 6.42 Å². The average Bonchev–Trinajstić information content (AvgIpc) is 2.27. The molecule has 0 aromatic heterocycles. The molecule has 0 amide bonds. The molecule has 88 valence electrons. The summed E-state index contributed by atoms with van der Waals surface area (Å²) < 4.78 is 13.3. The van der Waals surface area contributed by atoms with Gasteiger partial charge >= 0.3 is 0 Å². The van der Waals surface area contributed by atoms with Crippen LogP contribution in [0.5, 0.6) is 0 Å². The monoisotopic (exact) mass is 241 g/mol. The van der Waals surface area contributed by atoms with Crippen LogP contribution in [-0.4, -0.2) is 13.1 Å². The minimum atomic E-state index is -0.227. The second-order valence-corrected chi connectivity index (χ2v) is 5.00. The first-order chi connectivity index (χ1) is 7.66. The predicted octanol–water partition coefficient (Wildman–Crippen LogP) is 3.33. The fourth-order valence-electron chi connectivity index (χ4n) is 2.32. The molecule has 1 N–H and O–H groups in total. The topological polar surface area (TPSA) is 12.0 Å². The lowest BCUT2D eigenvalue weighted by Crippen LogP contribution is -2.31. The number of nitrogens with one attached hydrogen (secondary N) is 1. The van der Waals surface area contributed by atoms with Gasteiger partial charge in [0.25, 0.3) is 0 Å². The van der Waals surface area contributed by atoms with E-state index in [2.05, 4.69) is 5.32 Å². The Hall–Kier alpha value is -0.600. The minimum absolute atomic E-state index is 0.227. The highest BCUT2D eigenvalue weighted by atomic mass is 35.5. The Morgan fingerprint density at radius 3 is 3.00 bits per heavy atom. The molecule has 1 atom stereocenters. The van der Waals surface area contributed by atoms with Gasteiger partial charge in [-0.1, -0.05) is 11.6 Å². The molecule has 1 saturated heterocycles. The van der Waals surface area contributed by atoms with Gasteiger partial charge < -0.3 is 5.32 Å². The first-order valence-electron chi connectivity index (χ1n) is 5.82. The molecular formula is C13H17ClFN. The van der Waals surface area contributed by atoms with Gasteiger partial charge in [-0.15, -0.1) is 0 Å². The van der Waals surface area contributed by atoms with Crippen LogP contribution in [0.2, 0.25) is 5.02 Å². The smallest absolute Gasteiger partial charge is 0.124 e. The summed E-state index contributed by atoms with van der Waals surface area (Å²) in [4.78, 5) is 0. The van der Waals surface area contributed by atoms with E-state index in [9.17, 15) is 4.39 Å². The van der Waals surface area contributed by atoms with Crippen molar-refractivity contribution in [1.29, 1.82) is 0 Å². The average molecular weight is 242 g/mol. The molecule has 1 unspecified atom stereocenters. The maximum absolute atomic E-state index is 13.3. The normalized spacial score (nSPS) is 21.1. The molecule has 0 aliphatic carbocycles. The first-order valence-corrected chi connectivity index (χ1v) is 6.20. The highest BCUT2D eigenvalue weighted by Crippen LogP contribution is 2.25. The number of rotatable bonds is 2. The zero-order valence-electron chi connectivity index (χ0n) is 9.52. The number of benzene rings is 1. The van der Waals surface area contributed by atoms with Gasteiger partial charge in [0.05, 0.1) is 0 Å². The van der Waals surface area contributed by atoms with Gasteiger partial charge in [-0.05, 0) is 68.5 Å². The maximum atomic E-state index is 13.3. The number of hydrogen-bond acceptors (Lipinski definition) is 1. The first kappa shape index (κ1) is 11.9. The Morgan fingerprint density at radius 1 is 1.50 bits per heavy atom. The quantitative estimate of drug-likeness (QED) is 0.838. The molecular weight excluding hydrogens is 225 g/mol. The summed E-state index contributed by atoms with van der Waals surface area (Å²) in [7, 11) is 0. The SMILES string of the molecule is Cc1c(Cl)cc(F)cc1CC1CCCNC1. The Kier molecular flexibility index (Phi) is 3.82. The molecule has 0 spiro atoms. The summed E-state index contributed by atoms with van der Waals surface area (Å²) in [5, 5.41) is 3.92. The van der Waals surface area contributed by atoms with E-state index in [0.29, 0.717) is 10.9 Å². The molecule has 1 nitrogen and oxygen atoms in total. The molecule has 1 aromatic carbocycles. The zero-order chi connectivity index (χ0) is 11.5. The standard InChI is InChI=1S/C13H17ClFN/c1-9-11(6-12(15)7-13(9)14)5-10-3-2-4-16-8-10/h6-7,10,16H,2-5,8H2,1H3. The van der Waals surface area contributed by atoms with E-state index in [1.807, 2.05) is 6.92 Å². The highest BCUT2D eigenvalue weighted by Gasteiger charge is 2.15. The lowest BCUT2D eigenvalue weighted by molar-refractivity contribution is 0.375. The van der Waals surface area contributed by atoms with E-state index < -0.39 is 0 Å². The van der Waals surface area contributed by atoms with E-state index in [1.54, 1.807) is 6.07 Å². The van der Waals surface area contributed by atoms with Gasteiger partial charge in [-0.25, -0.2) is 4.39 Å². The Bertz CT molecular complexity index is 372. The lowest BCUT2D eigenvalue weighted by atomic mass is 9.90. The summed E-state index contributed by atoms with van der Waals surface area (Å²) in [5.74, 6) is 0.389. The largest absolute Gasteiger partial charge is 0.316 e. The van der Waals surface area contributed by atoms with Crippen molar-refractivity contribution in [2.45, 2.75) is 26.2 Å². The van der Waals surface area contributed by atoms with Crippen LogP contribution in [0.3, 0.4) is 0 Å². The molecule has 1 aromatic rings. The van der Waals surface area contributed by atoms with Crippen LogP contribution < -0.4 is 5.32 Å². The van der Waals surface area contributed by atoms with Gasteiger partial charge in [0.1, 0.15) is 5.82 Å². The number of hydrogen-bond donors (Lipinski definition) is 1. The molecule has 3 heteroatoms. The third kappa shape index (κ3) is 2.74. The molecule has 1 fully saturated rings. The van der Waals surface area contributed by atoms with Gasteiger partial charge in [-0.3, -0.25) is 0 Å². The third-order valence-electron chi connectivity index (χ3n) is 3.32. The molecule has 1 heterocycles. The molecule has 0 radical (unpaired) electrons. The molecule has 0 saturated carbocycles. The Morgan fingerprint density at radius 2 is 2.31 bits per heavy atom. The van der Waals surface area contributed by atoms with E-state index in [0.717, 1.165) is 30.6 Å². The zero-order valence-corrected chi connectivity index (χ0v) is 10.3. The summed E-state index contributed by atoms with van der Waals surface area (Å²) >= 11 is 5.98. The van der Waals surface area contributed by atoms with Crippen molar-refractivity contribution in [3.05, 3.63) is 34.1 Å². The molecule has 2 rings (SSSR count). The van der Waals surface area contributed by atoms with E-state index in [4.69, 9.17) is 11.6 Å².